The Hall–Kier alpha value is -2.50. The van der Waals surface area contributed by atoms with Crippen LogP contribution in [0.2, 0.25) is 0 Å². The third-order valence-electron chi connectivity index (χ3n) is 3.29. The van der Waals surface area contributed by atoms with E-state index < -0.39 is 5.97 Å². The minimum absolute atomic E-state index is 0.315. The lowest BCUT2D eigenvalue weighted by Gasteiger charge is -2.20. The number of nitrogens with zero attached hydrogens (tertiary/aromatic N) is 2. The molecule has 2 rings (SSSR count). The van der Waals surface area contributed by atoms with Gasteiger partial charge in [-0.15, -0.1) is 0 Å². The quantitative estimate of drug-likeness (QED) is 0.791. The zero-order chi connectivity index (χ0) is 16.3. The van der Waals surface area contributed by atoms with Crippen LogP contribution in [0.1, 0.15) is 17.3 Å². The highest BCUT2D eigenvalue weighted by molar-refractivity contribution is 6.05. The molecular formula is C16H20N2O4. The molecule has 118 valence electrons. The summed E-state index contributed by atoms with van der Waals surface area (Å²) in [4.78, 5) is 18.4. The third kappa shape index (κ3) is 2.77. The number of benzene rings is 1. The molecule has 0 saturated carbocycles. The number of carbonyl (C=O) groups is 1. The number of carbonyl (C=O) groups excluding carboxylic acids is 1. The van der Waals surface area contributed by atoms with Gasteiger partial charge < -0.3 is 19.1 Å². The maximum Gasteiger partial charge on any atom is 0.341 e. The van der Waals surface area contributed by atoms with Crippen molar-refractivity contribution in [1.29, 1.82) is 0 Å². The second kappa shape index (κ2) is 6.51. The summed E-state index contributed by atoms with van der Waals surface area (Å²) in [6.45, 7) is 2.09. The number of aromatic nitrogens is 1. The molecule has 0 fully saturated rings. The van der Waals surface area contributed by atoms with Crippen LogP contribution in [0.15, 0.2) is 18.3 Å². The molecule has 0 aliphatic rings. The largest absolute Gasteiger partial charge is 0.493 e. The summed E-state index contributed by atoms with van der Waals surface area (Å²) in [6.07, 6.45) is 1.53. The topological polar surface area (TPSA) is 60.9 Å². The van der Waals surface area contributed by atoms with Gasteiger partial charge >= 0.3 is 5.97 Å². The van der Waals surface area contributed by atoms with E-state index in [-0.39, 0.29) is 0 Å². The summed E-state index contributed by atoms with van der Waals surface area (Å²) >= 11 is 0. The number of methoxy groups -OCH3 is 2. The number of hydrogen-bond acceptors (Lipinski definition) is 6. The second-order valence-corrected chi connectivity index (χ2v) is 4.86. The summed E-state index contributed by atoms with van der Waals surface area (Å²) in [7, 11) is 6.88. The highest BCUT2D eigenvalue weighted by atomic mass is 16.5. The lowest BCUT2D eigenvalue weighted by Crippen LogP contribution is -2.16. The van der Waals surface area contributed by atoms with Crippen LogP contribution in [-0.4, -0.2) is 45.9 Å². The predicted octanol–water partition coefficient (Wildman–Crippen LogP) is 2.49. The van der Waals surface area contributed by atoms with E-state index >= 15 is 0 Å². The number of esters is 1. The molecule has 0 aliphatic carbocycles. The van der Waals surface area contributed by atoms with Gasteiger partial charge in [-0.05, 0) is 13.0 Å². The molecule has 0 atom stereocenters. The molecule has 1 heterocycles. The van der Waals surface area contributed by atoms with Gasteiger partial charge in [-0.1, -0.05) is 0 Å². The monoisotopic (exact) mass is 304 g/mol. The van der Waals surface area contributed by atoms with Crippen molar-refractivity contribution in [2.45, 2.75) is 6.92 Å². The molecule has 0 saturated heterocycles. The average Bonchev–Trinajstić information content (AvgIpc) is 2.52. The van der Waals surface area contributed by atoms with Crippen molar-refractivity contribution in [3.63, 3.8) is 0 Å². The molecule has 22 heavy (non-hydrogen) atoms. The summed E-state index contributed by atoms with van der Waals surface area (Å²) in [5.74, 6) is 0.785. The van der Waals surface area contributed by atoms with Crippen molar-refractivity contribution in [2.75, 3.05) is 39.8 Å². The highest BCUT2D eigenvalue weighted by Crippen LogP contribution is 2.37. The van der Waals surface area contributed by atoms with Gasteiger partial charge in [0.25, 0.3) is 0 Å². The van der Waals surface area contributed by atoms with Crippen LogP contribution < -0.4 is 14.4 Å². The van der Waals surface area contributed by atoms with Gasteiger partial charge in [0.05, 0.1) is 32.0 Å². The summed E-state index contributed by atoms with van der Waals surface area (Å²) in [6, 6.07) is 3.61. The van der Waals surface area contributed by atoms with Crippen LogP contribution in [0.25, 0.3) is 10.9 Å². The van der Waals surface area contributed by atoms with Gasteiger partial charge in [-0.2, -0.15) is 0 Å². The van der Waals surface area contributed by atoms with Crippen LogP contribution in [0, 0.1) is 0 Å². The van der Waals surface area contributed by atoms with Crippen molar-refractivity contribution in [3.05, 3.63) is 23.9 Å². The number of fused-ring (bicyclic) bond motifs is 1. The Morgan fingerprint density at radius 1 is 1.18 bits per heavy atom. The number of rotatable bonds is 5. The van der Waals surface area contributed by atoms with Gasteiger partial charge in [0.15, 0.2) is 11.5 Å². The van der Waals surface area contributed by atoms with Crippen molar-refractivity contribution in [3.8, 4) is 11.5 Å². The van der Waals surface area contributed by atoms with Gasteiger partial charge in [0, 0.05) is 31.7 Å². The lowest BCUT2D eigenvalue weighted by atomic mass is 10.1. The molecular weight excluding hydrogens is 284 g/mol. The minimum atomic E-state index is -0.393. The van der Waals surface area contributed by atoms with E-state index in [1.807, 2.05) is 25.1 Å². The van der Waals surface area contributed by atoms with Crippen LogP contribution in [0.4, 0.5) is 5.69 Å². The third-order valence-corrected chi connectivity index (χ3v) is 3.29. The van der Waals surface area contributed by atoms with E-state index in [0.717, 1.165) is 16.6 Å². The average molecular weight is 304 g/mol. The van der Waals surface area contributed by atoms with Gasteiger partial charge in [0.2, 0.25) is 0 Å². The van der Waals surface area contributed by atoms with E-state index in [1.165, 1.54) is 6.20 Å². The summed E-state index contributed by atoms with van der Waals surface area (Å²) in [5, 5.41) is 0.799. The van der Waals surface area contributed by atoms with E-state index in [1.54, 1.807) is 27.2 Å². The van der Waals surface area contributed by atoms with Crippen molar-refractivity contribution < 1.29 is 19.0 Å². The summed E-state index contributed by atoms with van der Waals surface area (Å²) in [5.41, 5.74) is 1.88. The number of anilines is 1. The molecule has 6 heteroatoms. The van der Waals surface area contributed by atoms with E-state index in [4.69, 9.17) is 14.2 Å². The van der Waals surface area contributed by atoms with Crippen LogP contribution >= 0.6 is 0 Å². The molecule has 0 amide bonds. The Kier molecular flexibility index (Phi) is 4.70. The van der Waals surface area contributed by atoms with Crippen LogP contribution in [-0.2, 0) is 4.74 Å². The van der Waals surface area contributed by atoms with E-state index in [9.17, 15) is 4.79 Å². The van der Waals surface area contributed by atoms with Gasteiger partial charge in [-0.3, -0.25) is 4.98 Å². The molecule has 1 aromatic heterocycles. The first-order valence-corrected chi connectivity index (χ1v) is 6.92. The van der Waals surface area contributed by atoms with Crippen molar-refractivity contribution in [2.24, 2.45) is 0 Å². The fourth-order valence-corrected chi connectivity index (χ4v) is 2.35. The Morgan fingerprint density at radius 3 is 2.36 bits per heavy atom. The van der Waals surface area contributed by atoms with E-state index in [0.29, 0.717) is 23.7 Å². The van der Waals surface area contributed by atoms with Gasteiger partial charge in [0.1, 0.15) is 5.56 Å². The molecule has 0 aliphatic heterocycles. The first-order valence-electron chi connectivity index (χ1n) is 6.92. The van der Waals surface area contributed by atoms with Crippen molar-refractivity contribution >= 4 is 22.6 Å². The fourth-order valence-electron chi connectivity index (χ4n) is 2.35. The van der Waals surface area contributed by atoms with Gasteiger partial charge in [-0.25, -0.2) is 4.79 Å². The lowest BCUT2D eigenvalue weighted by molar-refractivity contribution is 0.0527. The maximum atomic E-state index is 12.1. The molecule has 0 radical (unpaired) electrons. The molecule has 6 nitrogen and oxygen atoms in total. The normalized spacial score (nSPS) is 10.4. The second-order valence-electron chi connectivity index (χ2n) is 4.86. The first kappa shape index (κ1) is 15.9. The molecule has 0 spiro atoms. The number of hydrogen-bond donors (Lipinski definition) is 0. The van der Waals surface area contributed by atoms with Crippen molar-refractivity contribution in [1.82, 2.24) is 4.98 Å². The minimum Gasteiger partial charge on any atom is -0.493 e. The van der Waals surface area contributed by atoms with Crippen LogP contribution in [0.3, 0.4) is 0 Å². The predicted molar refractivity (Wildman–Crippen MR) is 85.1 cm³/mol. The number of ether oxygens (including phenoxy) is 3. The molecule has 1 aromatic carbocycles. The highest BCUT2D eigenvalue weighted by Gasteiger charge is 2.20. The van der Waals surface area contributed by atoms with E-state index in [2.05, 4.69) is 4.98 Å². The first-order chi connectivity index (χ1) is 10.5. The molecule has 0 N–H and O–H groups in total. The Morgan fingerprint density at radius 2 is 1.82 bits per heavy atom. The summed E-state index contributed by atoms with van der Waals surface area (Å²) < 4.78 is 15.7. The van der Waals surface area contributed by atoms with Crippen LogP contribution in [0.5, 0.6) is 11.5 Å². The zero-order valence-electron chi connectivity index (χ0n) is 13.5. The number of pyridine rings is 1. The standard InChI is InChI=1S/C16H20N2O4/c1-6-22-16(19)11-9-17-12-8-14(21-5)13(20-4)7-10(12)15(11)18(2)3/h7-9H,6H2,1-5H3. The SMILES string of the molecule is CCOC(=O)c1cnc2cc(OC)c(OC)cc2c1N(C)C. The molecule has 0 bridgehead atoms. The smallest absolute Gasteiger partial charge is 0.341 e. The molecule has 0 unspecified atom stereocenters. The Bertz CT molecular complexity index is 698. The molecule has 2 aromatic rings. The Labute approximate surface area is 129 Å². The zero-order valence-corrected chi connectivity index (χ0v) is 13.5. The fraction of sp³-hybridized carbons (Fsp3) is 0.375. The Balaban J connectivity index is 2.75. The maximum absolute atomic E-state index is 12.1.